The molecule has 0 unspecified atom stereocenters. The van der Waals surface area contributed by atoms with E-state index in [-0.39, 0.29) is 18.0 Å². The molecule has 2 aromatic carbocycles. The van der Waals surface area contributed by atoms with Crippen LogP contribution in [0.15, 0.2) is 36.4 Å². The molecule has 0 saturated heterocycles. The van der Waals surface area contributed by atoms with Crippen molar-refractivity contribution in [2.75, 3.05) is 7.11 Å². The number of carbonyl (C=O) groups is 2. The van der Waals surface area contributed by atoms with Crippen LogP contribution in [0.5, 0.6) is 5.75 Å². The van der Waals surface area contributed by atoms with Crippen molar-refractivity contribution in [2.24, 2.45) is 0 Å². The third kappa shape index (κ3) is 3.98. The van der Waals surface area contributed by atoms with Crippen LogP contribution in [0.3, 0.4) is 0 Å². The molecular weight excluding hydrogens is 330 g/mol. The molecule has 0 N–H and O–H groups in total. The van der Waals surface area contributed by atoms with Gasteiger partial charge in [0.1, 0.15) is 5.75 Å². The molecule has 0 bridgehead atoms. The molecule has 0 saturated carbocycles. The Morgan fingerprint density at radius 3 is 2.00 bits per heavy atom. The lowest BCUT2D eigenvalue weighted by Gasteiger charge is -2.32. The van der Waals surface area contributed by atoms with Gasteiger partial charge in [0.25, 0.3) is 5.91 Å². The number of methoxy groups -OCH3 is 1. The molecule has 5 nitrogen and oxygen atoms in total. The van der Waals surface area contributed by atoms with Gasteiger partial charge in [-0.05, 0) is 52.1 Å². The van der Waals surface area contributed by atoms with E-state index in [1.54, 1.807) is 31.1 Å². The van der Waals surface area contributed by atoms with Crippen LogP contribution >= 0.6 is 0 Å². The number of nitrogens with zero attached hydrogens (tertiary/aromatic N) is 1. The van der Waals surface area contributed by atoms with Gasteiger partial charge in [0.15, 0.2) is 6.10 Å². The molecule has 0 spiro atoms. The van der Waals surface area contributed by atoms with E-state index in [1.807, 2.05) is 52.0 Å². The fourth-order valence-corrected chi connectivity index (χ4v) is 3.22. The van der Waals surface area contributed by atoms with Gasteiger partial charge in [-0.25, -0.2) is 4.79 Å². The van der Waals surface area contributed by atoms with E-state index in [4.69, 9.17) is 9.47 Å². The zero-order valence-electron chi connectivity index (χ0n) is 16.3. The average molecular weight is 357 g/mol. The minimum atomic E-state index is -0.854. The largest absolute Gasteiger partial charge is 0.496 e. The van der Waals surface area contributed by atoms with Crippen LogP contribution in [0.1, 0.15) is 45.0 Å². The van der Waals surface area contributed by atoms with Crippen molar-refractivity contribution in [3.05, 3.63) is 42.0 Å². The number of rotatable bonds is 6. The fraction of sp³-hybridized carbons (Fsp3) is 0.429. The van der Waals surface area contributed by atoms with Crippen molar-refractivity contribution in [2.45, 2.75) is 52.8 Å². The zero-order chi connectivity index (χ0) is 19.4. The van der Waals surface area contributed by atoms with E-state index in [0.29, 0.717) is 11.3 Å². The van der Waals surface area contributed by atoms with Crippen molar-refractivity contribution < 1.29 is 19.1 Å². The lowest BCUT2D eigenvalue weighted by Crippen LogP contribution is -2.47. The summed E-state index contributed by atoms with van der Waals surface area (Å²) in [4.78, 5) is 27.1. The Bertz CT molecular complexity index is 790. The topological polar surface area (TPSA) is 55.8 Å². The third-order valence-electron chi connectivity index (χ3n) is 4.32. The van der Waals surface area contributed by atoms with Gasteiger partial charge in [0.05, 0.1) is 12.7 Å². The highest BCUT2D eigenvalue weighted by Crippen LogP contribution is 2.29. The number of esters is 1. The van der Waals surface area contributed by atoms with Crippen molar-refractivity contribution in [1.82, 2.24) is 4.90 Å². The molecule has 0 radical (unpaired) electrons. The molecule has 1 amide bonds. The van der Waals surface area contributed by atoms with Crippen LogP contribution in [-0.2, 0) is 9.53 Å². The van der Waals surface area contributed by atoms with Crippen LogP contribution in [-0.4, -0.2) is 42.1 Å². The number of carbonyl (C=O) groups excluding carboxylic acids is 2. The zero-order valence-corrected chi connectivity index (χ0v) is 16.3. The fourth-order valence-electron chi connectivity index (χ4n) is 3.22. The number of benzene rings is 2. The Kier molecular flexibility index (Phi) is 6.24. The molecule has 2 rings (SSSR count). The summed E-state index contributed by atoms with van der Waals surface area (Å²) in [5.41, 5.74) is 0.418. The number of hydrogen-bond acceptors (Lipinski definition) is 4. The first-order valence-electron chi connectivity index (χ1n) is 8.86. The molecule has 0 aliphatic carbocycles. The third-order valence-corrected chi connectivity index (χ3v) is 4.32. The van der Waals surface area contributed by atoms with Gasteiger partial charge >= 0.3 is 5.97 Å². The summed E-state index contributed by atoms with van der Waals surface area (Å²) < 4.78 is 10.8. The first-order valence-corrected chi connectivity index (χ1v) is 8.86. The first-order chi connectivity index (χ1) is 12.3. The number of amides is 1. The second-order valence-electron chi connectivity index (χ2n) is 6.84. The van der Waals surface area contributed by atoms with Gasteiger partial charge in [-0.2, -0.15) is 0 Å². The lowest BCUT2D eigenvalue weighted by molar-refractivity contribution is -0.143. The Labute approximate surface area is 154 Å². The quantitative estimate of drug-likeness (QED) is 0.732. The van der Waals surface area contributed by atoms with Crippen molar-refractivity contribution in [1.29, 1.82) is 0 Å². The highest BCUT2D eigenvalue weighted by Gasteiger charge is 2.28. The lowest BCUT2D eigenvalue weighted by atomic mass is 10.0. The summed E-state index contributed by atoms with van der Waals surface area (Å²) >= 11 is 0. The maximum Gasteiger partial charge on any atom is 0.339 e. The molecule has 5 heteroatoms. The highest BCUT2D eigenvalue weighted by atomic mass is 16.5. The summed E-state index contributed by atoms with van der Waals surface area (Å²) in [6, 6.07) is 10.9. The summed E-state index contributed by atoms with van der Waals surface area (Å²) in [5, 5.41) is 1.57. The number of hydrogen-bond donors (Lipinski definition) is 0. The monoisotopic (exact) mass is 357 g/mol. The van der Waals surface area contributed by atoms with E-state index in [2.05, 4.69) is 0 Å². The van der Waals surface area contributed by atoms with Gasteiger partial charge in [-0.3, -0.25) is 4.79 Å². The highest BCUT2D eigenvalue weighted by molar-refractivity contribution is 6.07. The van der Waals surface area contributed by atoms with Crippen LogP contribution in [0.4, 0.5) is 0 Å². The van der Waals surface area contributed by atoms with E-state index < -0.39 is 12.1 Å². The molecule has 26 heavy (non-hydrogen) atoms. The molecule has 1 atom stereocenters. The van der Waals surface area contributed by atoms with Crippen molar-refractivity contribution >= 4 is 22.6 Å². The van der Waals surface area contributed by atoms with Crippen molar-refractivity contribution in [3.63, 3.8) is 0 Å². The second-order valence-corrected chi connectivity index (χ2v) is 6.84. The SMILES string of the molecule is COc1ccc(C(=O)O[C@H](C)C(=O)N(C(C)C)C(C)C)c2ccccc12. The van der Waals surface area contributed by atoms with Gasteiger partial charge in [-0.15, -0.1) is 0 Å². The Morgan fingerprint density at radius 1 is 0.885 bits per heavy atom. The second kappa shape index (κ2) is 8.21. The van der Waals surface area contributed by atoms with E-state index in [9.17, 15) is 9.59 Å². The molecule has 0 aliphatic heterocycles. The van der Waals surface area contributed by atoms with E-state index in [0.717, 1.165) is 10.8 Å². The van der Waals surface area contributed by atoms with Crippen LogP contribution in [0.25, 0.3) is 10.8 Å². The maximum atomic E-state index is 12.7. The van der Waals surface area contributed by atoms with Gasteiger partial charge in [-0.1, -0.05) is 24.3 Å². The molecule has 0 aromatic heterocycles. The minimum Gasteiger partial charge on any atom is -0.496 e. The maximum absolute atomic E-state index is 12.7. The molecule has 0 heterocycles. The summed E-state index contributed by atoms with van der Waals surface area (Å²) in [6.45, 7) is 9.41. The van der Waals surface area contributed by atoms with Crippen LogP contribution < -0.4 is 4.74 Å². The molecule has 2 aromatic rings. The van der Waals surface area contributed by atoms with Gasteiger partial charge in [0.2, 0.25) is 0 Å². The van der Waals surface area contributed by atoms with E-state index >= 15 is 0 Å². The normalized spacial score (nSPS) is 12.3. The Balaban J connectivity index is 2.28. The molecule has 140 valence electrons. The van der Waals surface area contributed by atoms with E-state index in [1.165, 1.54) is 0 Å². The smallest absolute Gasteiger partial charge is 0.339 e. The predicted octanol–water partition coefficient (Wildman–Crippen LogP) is 4.04. The summed E-state index contributed by atoms with van der Waals surface area (Å²) in [6.07, 6.45) is -0.854. The van der Waals surface area contributed by atoms with Gasteiger partial charge in [0, 0.05) is 17.5 Å². The molecule has 0 aliphatic rings. The van der Waals surface area contributed by atoms with Crippen LogP contribution in [0.2, 0.25) is 0 Å². The van der Waals surface area contributed by atoms with Crippen LogP contribution in [0, 0.1) is 0 Å². The van der Waals surface area contributed by atoms with Gasteiger partial charge < -0.3 is 14.4 Å². The Morgan fingerprint density at radius 2 is 1.46 bits per heavy atom. The first kappa shape index (κ1) is 19.8. The van der Waals surface area contributed by atoms with Crippen molar-refractivity contribution in [3.8, 4) is 5.75 Å². The number of fused-ring (bicyclic) bond motifs is 1. The Hall–Kier alpha value is -2.56. The average Bonchev–Trinajstić information content (AvgIpc) is 2.59. The summed E-state index contributed by atoms with van der Waals surface area (Å²) in [7, 11) is 1.59. The molecule has 0 fully saturated rings. The summed E-state index contributed by atoms with van der Waals surface area (Å²) in [5.74, 6) is -0.0228. The minimum absolute atomic E-state index is 0.0328. The molecular formula is C21H27NO4. The number of ether oxygens (including phenoxy) is 2. The predicted molar refractivity (Wildman–Crippen MR) is 102 cm³/mol. The standard InChI is InChI=1S/C21H27NO4/c1-13(2)22(14(3)4)20(23)15(5)26-21(24)18-11-12-19(25-6)17-10-8-7-9-16(17)18/h7-15H,1-6H3/t15-/m1/s1.